The van der Waals surface area contributed by atoms with E-state index in [2.05, 4.69) is 9.72 Å². The molecule has 1 aliphatic heterocycles. The summed E-state index contributed by atoms with van der Waals surface area (Å²) in [6, 6.07) is 15.2. The molecular weight excluding hydrogens is 398 g/mol. The first-order valence-electron chi connectivity index (χ1n) is 9.92. The maximum Gasteiger partial charge on any atom is 0.281 e. The fourth-order valence-electron chi connectivity index (χ4n) is 3.67. The number of hydrogen-bond acceptors (Lipinski definition) is 6. The molecular formula is C22H23N5O4. The summed E-state index contributed by atoms with van der Waals surface area (Å²) in [5, 5.41) is 3.88. The van der Waals surface area contributed by atoms with Crippen molar-refractivity contribution in [2.45, 2.75) is 19.5 Å². The molecule has 4 rings (SSSR count). The summed E-state index contributed by atoms with van der Waals surface area (Å²) in [7, 11) is 1.67. The molecule has 0 spiro atoms. The van der Waals surface area contributed by atoms with E-state index in [1.54, 1.807) is 18.1 Å². The molecule has 0 bridgehead atoms. The van der Waals surface area contributed by atoms with E-state index >= 15 is 0 Å². The number of fused-ring (bicyclic) bond motifs is 2. The Bertz CT molecular complexity index is 1150. The van der Waals surface area contributed by atoms with Crippen molar-refractivity contribution in [1.82, 2.24) is 9.55 Å². The zero-order valence-electron chi connectivity index (χ0n) is 17.2. The molecule has 2 heterocycles. The number of imidazole rings is 1. The lowest BCUT2D eigenvalue weighted by Crippen LogP contribution is -2.31. The van der Waals surface area contributed by atoms with Crippen LogP contribution in [0.25, 0.3) is 11.0 Å². The first-order valence-corrected chi connectivity index (χ1v) is 9.92. The number of carbonyl (C=O) groups excluding carboxylic acids is 2. The van der Waals surface area contributed by atoms with Gasteiger partial charge in [-0.2, -0.15) is 0 Å². The van der Waals surface area contributed by atoms with Gasteiger partial charge in [0.05, 0.1) is 23.3 Å². The standard InChI is InChI=1S/C22H23N5O4/c1-30-12-6-11-26-18-10-5-3-8-16(18)24-20(26)13-27-17-9-4-2-7-15(17)21(22(27)29)25-31-14-19(23)28/h2-5,7-10H,6,11-14H2,1H3,(H2,23,28). The number of nitrogens with zero attached hydrogens (tertiary/aromatic N) is 4. The molecule has 3 aromatic rings. The Labute approximate surface area is 179 Å². The molecule has 0 fully saturated rings. The summed E-state index contributed by atoms with van der Waals surface area (Å²) in [6.45, 7) is 1.22. The minimum absolute atomic E-state index is 0.138. The lowest BCUT2D eigenvalue weighted by Gasteiger charge is -2.17. The van der Waals surface area contributed by atoms with Crippen molar-refractivity contribution >= 4 is 34.2 Å². The molecule has 31 heavy (non-hydrogen) atoms. The lowest BCUT2D eigenvalue weighted by atomic mass is 10.1. The fraction of sp³-hybridized carbons (Fsp3) is 0.273. The molecule has 1 aliphatic rings. The quantitative estimate of drug-likeness (QED) is 0.418. The Morgan fingerprint density at radius 1 is 1.16 bits per heavy atom. The van der Waals surface area contributed by atoms with E-state index in [-0.39, 0.29) is 18.2 Å². The summed E-state index contributed by atoms with van der Waals surface area (Å²) in [4.78, 5) is 35.5. The number of carbonyl (C=O) groups is 2. The highest BCUT2D eigenvalue weighted by molar-refractivity contribution is 6.54. The van der Waals surface area contributed by atoms with Crippen molar-refractivity contribution in [1.29, 1.82) is 0 Å². The van der Waals surface area contributed by atoms with Crippen LogP contribution in [0, 0.1) is 0 Å². The third-order valence-electron chi connectivity index (χ3n) is 5.02. The number of nitrogens with two attached hydrogens (primary N) is 1. The predicted octanol–water partition coefficient (Wildman–Crippen LogP) is 1.83. The number of ether oxygens (including phenoxy) is 1. The van der Waals surface area contributed by atoms with E-state index in [1.165, 1.54) is 0 Å². The van der Waals surface area contributed by atoms with Crippen molar-refractivity contribution in [2.75, 3.05) is 25.2 Å². The normalized spacial score (nSPS) is 14.4. The van der Waals surface area contributed by atoms with Crippen LogP contribution in [0.15, 0.2) is 53.7 Å². The van der Waals surface area contributed by atoms with Crippen molar-refractivity contribution in [3.8, 4) is 0 Å². The SMILES string of the molecule is COCCCn1c(CN2C(=O)C(=NOCC(N)=O)c3ccccc32)nc2ccccc21. The van der Waals surface area contributed by atoms with Gasteiger partial charge in [-0.15, -0.1) is 0 Å². The number of amides is 2. The minimum Gasteiger partial charge on any atom is -0.385 e. The first kappa shape index (κ1) is 20.5. The number of hydrogen-bond donors (Lipinski definition) is 1. The van der Waals surface area contributed by atoms with Crippen molar-refractivity contribution in [2.24, 2.45) is 10.9 Å². The zero-order valence-corrected chi connectivity index (χ0v) is 17.2. The molecule has 0 saturated heterocycles. The van der Waals surface area contributed by atoms with Gasteiger partial charge in [-0.3, -0.25) is 14.5 Å². The van der Waals surface area contributed by atoms with Crippen LogP contribution >= 0.6 is 0 Å². The number of rotatable bonds is 9. The maximum absolute atomic E-state index is 13.2. The van der Waals surface area contributed by atoms with Gasteiger partial charge in [0.1, 0.15) is 5.82 Å². The largest absolute Gasteiger partial charge is 0.385 e. The van der Waals surface area contributed by atoms with Gasteiger partial charge in [0.15, 0.2) is 12.3 Å². The highest BCUT2D eigenvalue weighted by atomic mass is 16.6. The van der Waals surface area contributed by atoms with Crippen LogP contribution in [0.2, 0.25) is 0 Å². The first-order chi connectivity index (χ1) is 15.1. The summed E-state index contributed by atoms with van der Waals surface area (Å²) in [5.74, 6) is -0.217. The van der Waals surface area contributed by atoms with Crippen molar-refractivity contribution in [3.63, 3.8) is 0 Å². The van der Waals surface area contributed by atoms with Crippen LogP contribution < -0.4 is 10.6 Å². The van der Waals surface area contributed by atoms with Crippen molar-refractivity contribution < 1.29 is 19.2 Å². The van der Waals surface area contributed by atoms with E-state index in [9.17, 15) is 9.59 Å². The van der Waals surface area contributed by atoms with E-state index in [0.29, 0.717) is 17.9 Å². The number of aromatic nitrogens is 2. The molecule has 0 unspecified atom stereocenters. The van der Waals surface area contributed by atoms with Gasteiger partial charge < -0.3 is 19.9 Å². The Morgan fingerprint density at radius 2 is 1.94 bits per heavy atom. The molecule has 0 radical (unpaired) electrons. The summed E-state index contributed by atoms with van der Waals surface area (Å²) < 4.78 is 7.31. The molecule has 160 valence electrons. The minimum atomic E-state index is -0.662. The highest BCUT2D eigenvalue weighted by Gasteiger charge is 2.35. The van der Waals surface area contributed by atoms with E-state index in [1.807, 2.05) is 42.5 Å². The number of para-hydroxylation sites is 3. The van der Waals surface area contributed by atoms with Crippen LogP contribution in [0.3, 0.4) is 0 Å². The average molecular weight is 421 g/mol. The second-order valence-electron chi connectivity index (χ2n) is 7.10. The Hall–Kier alpha value is -3.72. The van der Waals surface area contributed by atoms with Crippen LogP contribution in [0.1, 0.15) is 17.8 Å². The number of methoxy groups -OCH3 is 1. The monoisotopic (exact) mass is 421 g/mol. The molecule has 2 N–H and O–H groups in total. The third kappa shape index (κ3) is 4.13. The average Bonchev–Trinajstić information content (AvgIpc) is 3.24. The Balaban J connectivity index is 1.67. The second-order valence-corrected chi connectivity index (χ2v) is 7.10. The summed E-state index contributed by atoms with van der Waals surface area (Å²) in [6.07, 6.45) is 0.821. The van der Waals surface area contributed by atoms with Crippen LogP contribution in [-0.2, 0) is 32.3 Å². The van der Waals surface area contributed by atoms with Crippen LogP contribution in [-0.4, -0.2) is 47.4 Å². The van der Waals surface area contributed by atoms with Gasteiger partial charge in [0, 0.05) is 25.8 Å². The van der Waals surface area contributed by atoms with Crippen LogP contribution in [0.5, 0.6) is 0 Å². The van der Waals surface area contributed by atoms with E-state index in [0.717, 1.165) is 29.8 Å². The Kier molecular flexibility index (Phi) is 5.94. The number of primary amides is 1. The molecule has 9 heteroatoms. The smallest absolute Gasteiger partial charge is 0.281 e. The summed E-state index contributed by atoms with van der Waals surface area (Å²) >= 11 is 0. The highest BCUT2D eigenvalue weighted by Crippen LogP contribution is 2.31. The van der Waals surface area contributed by atoms with Gasteiger partial charge in [0.25, 0.3) is 11.8 Å². The predicted molar refractivity (Wildman–Crippen MR) is 116 cm³/mol. The molecule has 0 saturated carbocycles. The van der Waals surface area contributed by atoms with Gasteiger partial charge >= 0.3 is 0 Å². The zero-order chi connectivity index (χ0) is 21.8. The molecule has 0 atom stereocenters. The second kappa shape index (κ2) is 8.97. The number of oxime groups is 1. The van der Waals surface area contributed by atoms with Gasteiger partial charge in [-0.25, -0.2) is 4.98 Å². The molecule has 9 nitrogen and oxygen atoms in total. The molecule has 0 aliphatic carbocycles. The Morgan fingerprint density at radius 3 is 2.74 bits per heavy atom. The van der Waals surface area contributed by atoms with E-state index < -0.39 is 12.5 Å². The number of aryl methyl sites for hydroxylation is 1. The number of benzene rings is 2. The van der Waals surface area contributed by atoms with Crippen molar-refractivity contribution in [3.05, 3.63) is 59.9 Å². The van der Waals surface area contributed by atoms with E-state index in [4.69, 9.17) is 20.3 Å². The van der Waals surface area contributed by atoms with Crippen LogP contribution in [0.4, 0.5) is 5.69 Å². The molecule has 2 aromatic carbocycles. The lowest BCUT2D eigenvalue weighted by molar-refractivity contribution is -0.122. The molecule has 2 amide bonds. The third-order valence-corrected chi connectivity index (χ3v) is 5.02. The topological polar surface area (TPSA) is 112 Å². The van der Waals surface area contributed by atoms with Gasteiger partial charge in [-0.1, -0.05) is 35.5 Å². The summed E-state index contributed by atoms with van der Waals surface area (Å²) in [5.41, 5.74) is 8.45. The molecule has 1 aromatic heterocycles. The fourth-order valence-corrected chi connectivity index (χ4v) is 3.67. The van der Waals surface area contributed by atoms with Gasteiger partial charge in [-0.05, 0) is 24.6 Å². The maximum atomic E-state index is 13.2. The number of anilines is 1. The van der Waals surface area contributed by atoms with Gasteiger partial charge in [0.2, 0.25) is 0 Å².